The molecule has 0 aliphatic carbocycles. The lowest BCUT2D eigenvalue weighted by Crippen LogP contribution is -2.06. The predicted molar refractivity (Wildman–Crippen MR) is 68.4 cm³/mol. The first kappa shape index (κ1) is 12.3. The van der Waals surface area contributed by atoms with Crippen molar-refractivity contribution < 1.29 is 4.74 Å². The van der Waals surface area contributed by atoms with Crippen LogP contribution >= 0.6 is 0 Å². The normalized spacial score (nSPS) is 10.3. The number of hydrogen-bond acceptors (Lipinski definition) is 5. The molecular formula is C12H17N5O. The van der Waals surface area contributed by atoms with E-state index in [-0.39, 0.29) is 0 Å². The first-order valence-electron chi connectivity index (χ1n) is 5.96. The Morgan fingerprint density at radius 1 is 1.39 bits per heavy atom. The Balaban J connectivity index is 1.92. The van der Waals surface area contributed by atoms with E-state index in [0.717, 1.165) is 12.1 Å². The molecule has 0 bridgehead atoms. The van der Waals surface area contributed by atoms with Gasteiger partial charge in [0.05, 0.1) is 18.8 Å². The number of anilines is 1. The number of nitrogens with one attached hydrogen (secondary N) is 1. The van der Waals surface area contributed by atoms with Crippen molar-refractivity contribution in [1.29, 1.82) is 0 Å². The summed E-state index contributed by atoms with van der Waals surface area (Å²) in [6.07, 6.45) is 4.54. The minimum Gasteiger partial charge on any atom is -0.478 e. The Kier molecular flexibility index (Phi) is 4.11. The molecule has 0 aliphatic heterocycles. The lowest BCUT2D eigenvalue weighted by Gasteiger charge is -2.06. The van der Waals surface area contributed by atoms with E-state index in [0.29, 0.717) is 25.0 Å². The molecule has 6 heteroatoms. The molecule has 2 rings (SSSR count). The third-order valence-electron chi connectivity index (χ3n) is 2.28. The highest BCUT2D eigenvalue weighted by Gasteiger charge is 2.01. The maximum Gasteiger partial charge on any atom is 0.226 e. The zero-order chi connectivity index (χ0) is 12.8. The van der Waals surface area contributed by atoms with Crippen LogP contribution in [0, 0.1) is 0 Å². The highest BCUT2D eigenvalue weighted by atomic mass is 16.5. The Hall–Kier alpha value is -2.11. The summed E-state index contributed by atoms with van der Waals surface area (Å²) >= 11 is 0. The van der Waals surface area contributed by atoms with Crippen LogP contribution in [-0.2, 0) is 13.6 Å². The topological polar surface area (TPSA) is 64.9 Å². The van der Waals surface area contributed by atoms with Crippen molar-refractivity contribution in [2.24, 2.45) is 7.05 Å². The summed E-state index contributed by atoms with van der Waals surface area (Å²) in [5, 5.41) is 7.38. The van der Waals surface area contributed by atoms with Gasteiger partial charge >= 0.3 is 0 Å². The van der Waals surface area contributed by atoms with E-state index in [1.54, 1.807) is 16.9 Å². The van der Waals surface area contributed by atoms with Crippen molar-refractivity contribution in [1.82, 2.24) is 19.7 Å². The molecule has 96 valence electrons. The van der Waals surface area contributed by atoms with Crippen molar-refractivity contribution in [3.63, 3.8) is 0 Å². The molecule has 0 atom stereocenters. The van der Waals surface area contributed by atoms with Gasteiger partial charge < -0.3 is 10.1 Å². The van der Waals surface area contributed by atoms with Crippen LogP contribution in [0.2, 0.25) is 0 Å². The highest BCUT2D eigenvalue weighted by molar-refractivity contribution is 5.28. The van der Waals surface area contributed by atoms with Gasteiger partial charge in [0.25, 0.3) is 0 Å². The summed E-state index contributed by atoms with van der Waals surface area (Å²) in [6.45, 7) is 3.32. The van der Waals surface area contributed by atoms with E-state index in [4.69, 9.17) is 4.74 Å². The van der Waals surface area contributed by atoms with Gasteiger partial charge in [0.1, 0.15) is 0 Å². The van der Waals surface area contributed by atoms with Crippen molar-refractivity contribution >= 4 is 5.95 Å². The number of aryl methyl sites for hydroxylation is 1. The average Bonchev–Trinajstić information content (AvgIpc) is 2.80. The van der Waals surface area contributed by atoms with Crippen LogP contribution in [0.4, 0.5) is 5.95 Å². The van der Waals surface area contributed by atoms with Crippen LogP contribution in [0.3, 0.4) is 0 Å². The van der Waals surface area contributed by atoms with Crippen LogP contribution in [-0.4, -0.2) is 26.4 Å². The van der Waals surface area contributed by atoms with Crippen LogP contribution < -0.4 is 10.1 Å². The Morgan fingerprint density at radius 3 is 3.00 bits per heavy atom. The number of nitrogens with zero attached hydrogens (tertiary/aromatic N) is 4. The third kappa shape index (κ3) is 3.44. The fourth-order valence-corrected chi connectivity index (χ4v) is 1.44. The lowest BCUT2D eigenvalue weighted by molar-refractivity contribution is 0.305. The van der Waals surface area contributed by atoms with Gasteiger partial charge in [-0.15, -0.1) is 0 Å². The van der Waals surface area contributed by atoms with Gasteiger partial charge in [0, 0.05) is 25.5 Å². The van der Waals surface area contributed by atoms with E-state index in [1.165, 1.54) is 0 Å². The van der Waals surface area contributed by atoms with Crippen LogP contribution in [0.5, 0.6) is 5.88 Å². The average molecular weight is 247 g/mol. The first-order chi connectivity index (χ1) is 8.78. The van der Waals surface area contributed by atoms with Gasteiger partial charge in [-0.2, -0.15) is 10.1 Å². The molecule has 0 unspecified atom stereocenters. The fourth-order valence-electron chi connectivity index (χ4n) is 1.44. The Bertz CT molecular complexity index is 497. The molecule has 6 nitrogen and oxygen atoms in total. The minimum absolute atomic E-state index is 0.550. The molecule has 2 heterocycles. The van der Waals surface area contributed by atoms with E-state index in [9.17, 15) is 0 Å². The molecule has 0 radical (unpaired) electrons. The summed E-state index contributed by atoms with van der Waals surface area (Å²) in [4.78, 5) is 8.39. The van der Waals surface area contributed by atoms with Gasteiger partial charge in [0.2, 0.25) is 11.8 Å². The highest BCUT2D eigenvalue weighted by Crippen LogP contribution is 2.09. The molecule has 18 heavy (non-hydrogen) atoms. The van der Waals surface area contributed by atoms with Gasteiger partial charge in [-0.05, 0) is 12.5 Å². The monoisotopic (exact) mass is 247 g/mol. The van der Waals surface area contributed by atoms with Crippen LogP contribution in [0.25, 0.3) is 0 Å². The van der Waals surface area contributed by atoms with Crippen LogP contribution in [0.15, 0.2) is 24.5 Å². The zero-order valence-corrected chi connectivity index (χ0v) is 10.6. The van der Waals surface area contributed by atoms with Gasteiger partial charge in [-0.3, -0.25) is 4.68 Å². The van der Waals surface area contributed by atoms with E-state index >= 15 is 0 Å². The first-order valence-corrected chi connectivity index (χ1v) is 5.96. The molecule has 2 aromatic heterocycles. The quantitative estimate of drug-likeness (QED) is 0.840. The molecule has 1 N–H and O–H groups in total. The number of ether oxygens (including phenoxy) is 1. The summed E-state index contributed by atoms with van der Waals surface area (Å²) in [6, 6.07) is 3.70. The maximum atomic E-state index is 5.44. The molecule has 2 aromatic rings. The molecule has 0 saturated carbocycles. The summed E-state index contributed by atoms with van der Waals surface area (Å²) in [7, 11) is 1.89. The SMILES string of the molecule is CCCOc1ccnc(NCc2ccn(C)n2)n1. The predicted octanol–water partition coefficient (Wildman–Crippen LogP) is 1.61. The molecule has 0 aromatic carbocycles. The van der Waals surface area contributed by atoms with Gasteiger partial charge in [-0.1, -0.05) is 6.92 Å². The fraction of sp³-hybridized carbons (Fsp3) is 0.417. The lowest BCUT2D eigenvalue weighted by atomic mass is 10.4. The smallest absolute Gasteiger partial charge is 0.226 e. The third-order valence-corrected chi connectivity index (χ3v) is 2.28. The van der Waals surface area contributed by atoms with Gasteiger partial charge in [0.15, 0.2) is 0 Å². The largest absolute Gasteiger partial charge is 0.478 e. The van der Waals surface area contributed by atoms with Crippen molar-refractivity contribution in [2.45, 2.75) is 19.9 Å². The van der Waals surface area contributed by atoms with Crippen LogP contribution in [0.1, 0.15) is 19.0 Å². The second-order valence-electron chi connectivity index (χ2n) is 3.90. The van der Waals surface area contributed by atoms with Crippen molar-refractivity contribution in [3.8, 4) is 5.88 Å². The molecule has 0 fully saturated rings. The van der Waals surface area contributed by atoms with E-state index in [1.807, 2.05) is 19.3 Å². The number of hydrogen-bond donors (Lipinski definition) is 1. The maximum absolute atomic E-state index is 5.44. The summed E-state index contributed by atoms with van der Waals surface area (Å²) < 4.78 is 7.20. The molecule has 0 amide bonds. The van der Waals surface area contributed by atoms with E-state index < -0.39 is 0 Å². The second-order valence-corrected chi connectivity index (χ2v) is 3.90. The Morgan fingerprint density at radius 2 is 2.28 bits per heavy atom. The summed E-state index contributed by atoms with van der Waals surface area (Å²) in [5.41, 5.74) is 0.945. The molecule has 0 spiro atoms. The zero-order valence-electron chi connectivity index (χ0n) is 10.6. The number of aromatic nitrogens is 4. The van der Waals surface area contributed by atoms with E-state index in [2.05, 4.69) is 27.3 Å². The minimum atomic E-state index is 0.550. The molecule has 0 saturated heterocycles. The van der Waals surface area contributed by atoms with Gasteiger partial charge in [-0.25, -0.2) is 4.98 Å². The van der Waals surface area contributed by atoms with Crippen molar-refractivity contribution in [3.05, 3.63) is 30.2 Å². The molecule has 0 aliphatic rings. The number of rotatable bonds is 6. The molecular weight excluding hydrogens is 230 g/mol. The van der Waals surface area contributed by atoms with Crippen molar-refractivity contribution in [2.75, 3.05) is 11.9 Å². The summed E-state index contributed by atoms with van der Waals surface area (Å²) in [5.74, 6) is 1.14. The Labute approximate surface area is 106 Å². The second kappa shape index (κ2) is 6.00. The standard InChI is InChI=1S/C12H17N5O/c1-3-8-18-11-4-6-13-12(15-11)14-9-10-5-7-17(2)16-10/h4-7H,3,8-9H2,1-2H3,(H,13,14,15).